The number of aromatic nitrogens is 2. The van der Waals surface area contributed by atoms with E-state index >= 15 is 0 Å². The summed E-state index contributed by atoms with van der Waals surface area (Å²) < 4.78 is 22.4. The summed E-state index contributed by atoms with van der Waals surface area (Å²) in [6.07, 6.45) is 0. The zero-order chi connectivity index (χ0) is 25.2. The molecule has 0 spiro atoms. The van der Waals surface area contributed by atoms with Gasteiger partial charge >= 0.3 is 5.69 Å². The molecule has 36 heavy (non-hydrogen) atoms. The molecule has 0 saturated carbocycles. The highest BCUT2D eigenvalue weighted by atomic mass is 32.1. The minimum absolute atomic E-state index is 0.0390. The average Bonchev–Trinajstić information content (AvgIpc) is 3.27. The molecule has 1 N–H and O–H groups in total. The summed E-state index contributed by atoms with van der Waals surface area (Å²) in [5.41, 5.74) is 0.540. The highest BCUT2D eigenvalue weighted by Gasteiger charge is 2.20. The van der Waals surface area contributed by atoms with Crippen molar-refractivity contribution in [3.8, 4) is 5.75 Å². The van der Waals surface area contributed by atoms with Crippen LogP contribution >= 0.6 is 11.3 Å². The lowest BCUT2D eigenvalue weighted by Gasteiger charge is -2.13. The van der Waals surface area contributed by atoms with Gasteiger partial charge < -0.3 is 10.1 Å². The first-order valence-corrected chi connectivity index (χ1v) is 12.2. The lowest BCUT2D eigenvalue weighted by atomic mass is 10.2. The Morgan fingerprint density at radius 1 is 0.972 bits per heavy atom. The fourth-order valence-electron chi connectivity index (χ4n) is 4.10. The fraction of sp³-hybridized carbons (Fsp3) is 0.148. The van der Waals surface area contributed by atoms with Crippen LogP contribution in [0.2, 0.25) is 0 Å². The highest BCUT2D eigenvalue weighted by molar-refractivity contribution is 7.25. The highest BCUT2D eigenvalue weighted by Crippen LogP contribution is 2.31. The van der Waals surface area contributed by atoms with E-state index in [-0.39, 0.29) is 13.1 Å². The molecule has 0 fully saturated rings. The van der Waals surface area contributed by atoms with Crippen molar-refractivity contribution in [2.45, 2.75) is 20.0 Å². The van der Waals surface area contributed by atoms with Crippen molar-refractivity contribution in [1.29, 1.82) is 0 Å². The normalized spacial score (nSPS) is 11.2. The van der Waals surface area contributed by atoms with Crippen LogP contribution in [0.4, 0.5) is 10.1 Å². The van der Waals surface area contributed by atoms with Crippen LogP contribution in [0.25, 0.3) is 20.3 Å². The largest absolute Gasteiger partial charge is 0.494 e. The van der Waals surface area contributed by atoms with Crippen molar-refractivity contribution in [2.75, 3.05) is 11.9 Å². The number of hydrogen-bond acceptors (Lipinski definition) is 5. The van der Waals surface area contributed by atoms with Crippen LogP contribution < -0.4 is 21.3 Å². The third-order valence-electron chi connectivity index (χ3n) is 5.75. The number of amides is 1. The zero-order valence-corrected chi connectivity index (χ0v) is 20.2. The summed E-state index contributed by atoms with van der Waals surface area (Å²) in [6, 6.07) is 19.9. The van der Waals surface area contributed by atoms with E-state index in [4.69, 9.17) is 4.74 Å². The Labute approximate surface area is 209 Å². The van der Waals surface area contributed by atoms with Gasteiger partial charge in [-0.15, -0.1) is 11.3 Å². The van der Waals surface area contributed by atoms with Gasteiger partial charge in [0.05, 0.1) is 18.7 Å². The number of thiophene rings is 1. The Morgan fingerprint density at radius 3 is 2.42 bits per heavy atom. The molecule has 7 nitrogen and oxygen atoms in total. The summed E-state index contributed by atoms with van der Waals surface area (Å²) in [5.74, 6) is -0.134. The predicted octanol–water partition coefficient (Wildman–Crippen LogP) is 4.60. The van der Waals surface area contributed by atoms with Gasteiger partial charge in [0.2, 0.25) is 5.91 Å². The first kappa shape index (κ1) is 23.5. The van der Waals surface area contributed by atoms with E-state index in [9.17, 15) is 18.8 Å². The summed E-state index contributed by atoms with van der Waals surface area (Å²) in [5, 5.41) is 3.53. The number of rotatable bonds is 7. The van der Waals surface area contributed by atoms with Crippen molar-refractivity contribution in [2.24, 2.45) is 0 Å². The SMILES string of the molecule is CCOc1ccc(NC(=O)Cn2c(=O)n(Cc3ccc(F)cc3)c(=O)c3sc4ccccc4c32)cc1. The van der Waals surface area contributed by atoms with Crippen LogP contribution in [0.15, 0.2) is 82.4 Å². The van der Waals surface area contributed by atoms with Crippen molar-refractivity contribution in [3.05, 3.63) is 105 Å². The molecule has 0 unspecified atom stereocenters. The Morgan fingerprint density at radius 2 is 1.69 bits per heavy atom. The van der Waals surface area contributed by atoms with Crippen LogP contribution in [0, 0.1) is 5.82 Å². The lowest BCUT2D eigenvalue weighted by molar-refractivity contribution is -0.116. The fourth-order valence-corrected chi connectivity index (χ4v) is 5.25. The topological polar surface area (TPSA) is 82.3 Å². The van der Waals surface area contributed by atoms with Crippen molar-refractivity contribution in [3.63, 3.8) is 0 Å². The molecule has 3 aromatic carbocycles. The maximum absolute atomic E-state index is 13.6. The van der Waals surface area contributed by atoms with Gasteiger partial charge in [0.25, 0.3) is 5.56 Å². The third kappa shape index (κ3) is 4.52. The molecule has 0 radical (unpaired) electrons. The second-order valence-electron chi connectivity index (χ2n) is 8.17. The van der Waals surface area contributed by atoms with Gasteiger partial charge in [-0.05, 0) is 55.0 Å². The van der Waals surface area contributed by atoms with Gasteiger partial charge in [0.15, 0.2) is 0 Å². The Hall–Kier alpha value is -4.24. The number of hydrogen-bond donors (Lipinski definition) is 1. The van der Waals surface area contributed by atoms with Crippen LogP contribution in [0.1, 0.15) is 12.5 Å². The number of nitrogens with zero attached hydrogens (tertiary/aromatic N) is 2. The van der Waals surface area contributed by atoms with E-state index < -0.39 is 23.0 Å². The molecule has 0 atom stereocenters. The number of fused-ring (bicyclic) bond motifs is 3. The van der Waals surface area contributed by atoms with E-state index in [1.807, 2.05) is 31.2 Å². The van der Waals surface area contributed by atoms with Gasteiger partial charge in [-0.2, -0.15) is 0 Å². The molecule has 0 bridgehead atoms. The number of carbonyl (C=O) groups excluding carboxylic acids is 1. The molecule has 0 aliphatic carbocycles. The minimum Gasteiger partial charge on any atom is -0.494 e. The number of carbonyl (C=O) groups is 1. The molecular formula is C27H22FN3O4S. The second kappa shape index (κ2) is 9.79. The Kier molecular flexibility index (Phi) is 6.39. The number of nitrogens with one attached hydrogen (secondary N) is 1. The maximum Gasteiger partial charge on any atom is 0.332 e. The predicted molar refractivity (Wildman–Crippen MR) is 140 cm³/mol. The van der Waals surface area contributed by atoms with Crippen LogP contribution in [0.3, 0.4) is 0 Å². The van der Waals surface area contributed by atoms with Gasteiger partial charge in [-0.25, -0.2) is 9.18 Å². The number of benzene rings is 3. The quantitative estimate of drug-likeness (QED) is 0.352. The molecular weight excluding hydrogens is 481 g/mol. The van der Waals surface area contributed by atoms with E-state index in [0.717, 1.165) is 14.7 Å². The molecule has 2 aromatic heterocycles. The first-order chi connectivity index (χ1) is 17.4. The van der Waals surface area contributed by atoms with Crippen molar-refractivity contribution in [1.82, 2.24) is 9.13 Å². The summed E-state index contributed by atoms with van der Waals surface area (Å²) in [6.45, 7) is 2.10. The number of anilines is 1. The van der Waals surface area contributed by atoms with Gasteiger partial charge in [0.1, 0.15) is 22.8 Å². The van der Waals surface area contributed by atoms with E-state index in [1.165, 1.54) is 40.2 Å². The van der Waals surface area contributed by atoms with Gasteiger partial charge in [-0.1, -0.05) is 30.3 Å². The molecule has 0 aliphatic rings. The average molecular weight is 504 g/mol. The van der Waals surface area contributed by atoms with E-state index in [0.29, 0.717) is 33.8 Å². The summed E-state index contributed by atoms with van der Waals surface area (Å²) in [7, 11) is 0. The van der Waals surface area contributed by atoms with Gasteiger partial charge in [0, 0.05) is 15.8 Å². The molecule has 5 rings (SSSR count). The van der Waals surface area contributed by atoms with Crippen molar-refractivity contribution < 1.29 is 13.9 Å². The van der Waals surface area contributed by atoms with Gasteiger partial charge in [-0.3, -0.25) is 18.7 Å². The smallest absolute Gasteiger partial charge is 0.332 e. The second-order valence-corrected chi connectivity index (χ2v) is 9.22. The zero-order valence-electron chi connectivity index (χ0n) is 19.4. The summed E-state index contributed by atoms with van der Waals surface area (Å²) >= 11 is 1.28. The van der Waals surface area contributed by atoms with E-state index in [1.54, 1.807) is 24.3 Å². The molecule has 9 heteroatoms. The molecule has 0 aliphatic heterocycles. The molecule has 182 valence electrons. The number of halogens is 1. The third-order valence-corrected chi connectivity index (χ3v) is 6.89. The minimum atomic E-state index is -0.609. The lowest BCUT2D eigenvalue weighted by Crippen LogP contribution is -2.41. The standard InChI is InChI=1S/C27H22FN3O4S/c1-2-35-20-13-11-19(12-14-20)29-23(32)16-30-24-21-5-3-4-6-22(21)36-25(24)26(33)31(27(30)34)15-17-7-9-18(28)10-8-17/h3-14H,2,15-16H2,1H3,(H,29,32). The Bertz CT molecular complexity index is 1690. The van der Waals surface area contributed by atoms with Crippen LogP contribution in [0.5, 0.6) is 5.75 Å². The molecule has 5 aromatic rings. The van der Waals surface area contributed by atoms with Crippen LogP contribution in [-0.4, -0.2) is 21.6 Å². The maximum atomic E-state index is 13.6. The van der Waals surface area contributed by atoms with Crippen LogP contribution in [-0.2, 0) is 17.9 Å². The Balaban J connectivity index is 1.57. The molecule has 2 heterocycles. The van der Waals surface area contributed by atoms with E-state index in [2.05, 4.69) is 5.32 Å². The monoisotopic (exact) mass is 503 g/mol. The summed E-state index contributed by atoms with van der Waals surface area (Å²) in [4.78, 5) is 40.0. The molecule has 0 saturated heterocycles. The number of ether oxygens (including phenoxy) is 1. The molecule has 1 amide bonds. The first-order valence-electron chi connectivity index (χ1n) is 11.4. The van der Waals surface area contributed by atoms with Crippen molar-refractivity contribution >= 4 is 43.2 Å².